The molecule has 0 atom stereocenters. The van der Waals surface area contributed by atoms with Crippen molar-refractivity contribution in [3.63, 3.8) is 0 Å². The second kappa shape index (κ2) is 10.8. The molecule has 3 aromatic rings. The molecule has 1 N–H and O–H groups in total. The Balaban J connectivity index is 1.84. The van der Waals surface area contributed by atoms with Crippen LogP contribution < -0.4 is 19.6 Å². The lowest BCUT2D eigenvalue weighted by atomic mass is 10.0. The predicted molar refractivity (Wildman–Crippen MR) is 121 cm³/mol. The normalized spacial score (nSPS) is 10.7. The summed E-state index contributed by atoms with van der Waals surface area (Å²) in [5, 5.41) is 5.92. The highest BCUT2D eigenvalue weighted by atomic mass is 16.6. The van der Waals surface area contributed by atoms with Gasteiger partial charge in [0, 0.05) is 17.2 Å². The number of rotatable bonds is 9. The van der Waals surface area contributed by atoms with Gasteiger partial charge in [-0.05, 0) is 35.9 Å². The average molecular weight is 436 g/mol. The number of hydrazone groups is 1. The molecule has 0 aromatic heterocycles. The summed E-state index contributed by atoms with van der Waals surface area (Å²) in [5.41, 5.74) is 3.45. The third kappa shape index (κ3) is 5.54. The highest BCUT2D eigenvalue weighted by Gasteiger charge is 2.12. The number of amides is 1. The first-order valence-electron chi connectivity index (χ1n) is 9.92. The molecule has 0 saturated carbocycles. The molecule has 0 aliphatic carbocycles. The van der Waals surface area contributed by atoms with Crippen LogP contribution >= 0.6 is 0 Å². The molecule has 8 heteroatoms. The Labute approximate surface area is 185 Å². The molecule has 8 nitrogen and oxygen atoms in total. The molecule has 0 bridgehead atoms. The molecule has 0 aliphatic rings. The van der Waals surface area contributed by atoms with Crippen molar-refractivity contribution >= 4 is 28.9 Å². The molecule has 3 aromatic carbocycles. The van der Waals surface area contributed by atoms with Crippen LogP contribution in [0, 0.1) is 0 Å². The van der Waals surface area contributed by atoms with E-state index in [9.17, 15) is 9.59 Å². The predicted octanol–water partition coefficient (Wildman–Crippen LogP) is 3.56. The Kier molecular flexibility index (Phi) is 7.64. The molecule has 0 saturated heterocycles. The number of hydrogen-bond acceptors (Lipinski definition) is 7. The summed E-state index contributed by atoms with van der Waals surface area (Å²) in [6.07, 6.45) is 1.48. The molecule has 32 heavy (non-hydrogen) atoms. The number of fused-ring (bicyclic) bond motifs is 1. The van der Waals surface area contributed by atoms with E-state index in [-0.39, 0.29) is 13.2 Å². The summed E-state index contributed by atoms with van der Waals surface area (Å²) < 4.78 is 21.0. The van der Waals surface area contributed by atoms with Crippen molar-refractivity contribution < 1.29 is 28.5 Å². The maximum Gasteiger partial charge on any atom is 0.344 e. The van der Waals surface area contributed by atoms with Gasteiger partial charge in [-0.15, -0.1) is 0 Å². The standard InChI is InChI=1S/C24H24N2O6/c1-4-31-23(27)15-32-22-10-9-16-7-5-6-8-20(16)21(22)14-25-26-24(28)17-11-18(29-2)13-19(12-17)30-3/h5-14H,4,15H2,1-3H3,(H,26,28)/b25-14-. The van der Waals surface area contributed by atoms with E-state index in [1.54, 1.807) is 31.2 Å². The van der Waals surface area contributed by atoms with Gasteiger partial charge in [-0.2, -0.15) is 5.10 Å². The third-order valence-electron chi connectivity index (χ3n) is 4.55. The zero-order chi connectivity index (χ0) is 22.9. The number of hydrogen-bond donors (Lipinski definition) is 1. The van der Waals surface area contributed by atoms with Crippen LogP contribution in [0.2, 0.25) is 0 Å². The first kappa shape index (κ1) is 22.6. The lowest BCUT2D eigenvalue weighted by Crippen LogP contribution is -2.18. The van der Waals surface area contributed by atoms with Gasteiger partial charge in [0.2, 0.25) is 0 Å². The summed E-state index contributed by atoms with van der Waals surface area (Å²) in [4.78, 5) is 24.3. The second-order valence-corrected chi connectivity index (χ2v) is 6.59. The van der Waals surface area contributed by atoms with Gasteiger partial charge in [0.05, 0.1) is 27.0 Å². The maximum atomic E-state index is 12.6. The number of nitrogens with one attached hydrogen (secondary N) is 1. The highest BCUT2D eigenvalue weighted by molar-refractivity contribution is 6.03. The highest BCUT2D eigenvalue weighted by Crippen LogP contribution is 2.27. The van der Waals surface area contributed by atoms with Gasteiger partial charge in [-0.3, -0.25) is 4.79 Å². The number of ether oxygens (including phenoxy) is 4. The van der Waals surface area contributed by atoms with Gasteiger partial charge in [-0.1, -0.05) is 30.3 Å². The average Bonchev–Trinajstić information content (AvgIpc) is 2.82. The van der Waals surface area contributed by atoms with Crippen molar-refractivity contribution in [1.82, 2.24) is 5.43 Å². The van der Waals surface area contributed by atoms with Gasteiger partial charge in [0.1, 0.15) is 17.2 Å². The molecule has 0 spiro atoms. The van der Waals surface area contributed by atoms with Crippen LogP contribution in [0.4, 0.5) is 0 Å². The van der Waals surface area contributed by atoms with E-state index in [4.69, 9.17) is 18.9 Å². The van der Waals surface area contributed by atoms with E-state index < -0.39 is 11.9 Å². The largest absolute Gasteiger partial charge is 0.497 e. The van der Waals surface area contributed by atoms with Gasteiger partial charge >= 0.3 is 5.97 Å². The number of benzene rings is 3. The van der Waals surface area contributed by atoms with Gasteiger partial charge in [0.25, 0.3) is 5.91 Å². The van der Waals surface area contributed by atoms with Gasteiger partial charge in [-0.25, -0.2) is 10.2 Å². The first-order valence-corrected chi connectivity index (χ1v) is 9.92. The topological polar surface area (TPSA) is 95.5 Å². The van der Waals surface area contributed by atoms with Crippen molar-refractivity contribution in [3.8, 4) is 17.2 Å². The minimum Gasteiger partial charge on any atom is -0.497 e. The fourth-order valence-corrected chi connectivity index (χ4v) is 3.03. The maximum absolute atomic E-state index is 12.6. The summed E-state index contributed by atoms with van der Waals surface area (Å²) in [5.74, 6) is 0.513. The van der Waals surface area contributed by atoms with E-state index in [1.165, 1.54) is 20.4 Å². The van der Waals surface area contributed by atoms with E-state index in [0.717, 1.165) is 10.8 Å². The van der Waals surface area contributed by atoms with Crippen molar-refractivity contribution in [3.05, 3.63) is 65.7 Å². The third-order valence-corrected chi connectivity index (χ3v) is 4.55. The second-order valence-electron chi connectivity index (χ2n) is 6.59. The van der Waals surface area contributed by atoms with E-state index in [1.807, 2.05) is 30.3 Å². The molecule has 0 heterocycles. The Bertz CT molecular complexity index is 1120. The minimum atomic E-state index is -0.469. The number of carbonyl (C=O) groups excluding carboxylic acids is 2. The van der Waals surface area contributed by atoms with Gasteiger partial charge < -0.3 is 18.9 Å². The Morgan fingerprint density at radius 1 is 1.00 bits per heavy atom. The van der Waals surface area contributed by atoms with E-state index >= 15 is 0 Å². The number of carbonyl (C=O) groups is 2. The number of nitrogens with zero attached hydrogens (tertiary/aromatic N) is 1. The van der Waals surface area contributed by atoms with Crippen LogP contribution in [-0.4, -0.2) is 45.5 Å². The van der Waals surface area contributed by atoms with Crippen LogP contribution in [0.15, 0.2) is 59.7 Å². The van der Waals surface area contributed by atoms with Gasteiger partial charge in [0.15, 0.2) is 6.61 Å². The lowest BCUT2D eigenvalue weighted by molar-refractivity contribution is -0.145. The zero-order valence-electron chi connectivity index (χ0n) is 18.1. The van der Waals surface area contributed by atoms with Crippen molar-refractivity contribution in [2.24, 2.45) is 5.10 Å². The minimum absolute atomic E-state index is 0.233. The molecular weight excluding hydrogens is 412 g/mol. The van der Waals surface area contributed by atoms with E-state index in [2.05, 4.69) is 10.5 Å². The quantitative estimate of drug-likeness (QED) is 0.313. The Hall–Kier alpha value is -4.07. The van der Waals surface area contributed by atoms with Crippen LogP contribution in [-0.2, 0) is 9.53 Å². The molecular formula is C24H24N2O6. The van der Waals surface area contributed by atoms with Crippen molar-refractivity contribution in [1.29, 1.82) is 0 Å². The van der Waals surface area contributed by atoms with Crippen LogP contribution in [0.3, 0.4) is 0 Å². The SMILES string of the molecule is CCOC(=O)COc1ccc2ccccc2c1/C=N\NC(=O)c1cc(OC)cc(OC)c1. The summed E-state index contributed by atoms with van der Waals surface area (Å²) in [6, 6.07) is 16.1. The molecule has 166 valence electrons. The summed E-state index contributed by atoms with van der Waals surface area (Å²) in [7, 11) is 3.01. The van der Waals surface area contributed by atoms with E-state index in [0.29, 0.717) is 28.4 Å². The molecule has 0 fully saturated rings. The van der Waals surface area contributed by atoms with Crippen molar-refractivity contribution in [2.75, 3.05) is 27.4 Å². The smallest absolute Gasteiger partial charge is 0.344 e. The molecule has 0 aliphatic heterocycles. The number of esters is 1. The first-order chi connectivity index (χ1) is 15.5. The van der Waals surface area contributed by atoms with Crippen LogP contribution in [0.5, 0.6) is 17.2 Å². The Morgan fingerprint density at radius 3 is 2.41 bits per heavy atom. The van der Waals surface area contributed by atoms with Crippen LogP contribution in [0.25, 0.3) is 10.8 Å². The monoisotopic (exact) mass is 436 g/mol. The lowest BCUT2D eigenvalue weighted by Gasteiger charge is -2.11. The molecule has 0 radical (unpaired) electrons. The van der Waals surface area contributed by atoms with Crippen LogP contribution in [0.1, 0.15) is 22.8 Å². The molecule has 3 rings (SSSR count). The fourth-order valence-electron chi connectivity index (χ4n) is 3.03. The number of methoxy groups -OCH3 is 2. The fraction of sp³-hybridized carbons (Fsp3) is 0.208. The summed E-state index contributed by atoms with van der Waals surface area (Å²) in [6.45, 7) is 1.77. The van der Waals surface area contributed by atoms with Crippen molar-refractivity contribution in [2.45, 2.75) is 6.92 Å². The Morgan fingerprint density at radius 2 is 1.72 bits per heavy atom. The molecule has 0 unspecified atom stereocenters. The zero-order valence-corrected chi connectivity index (χ0v) is 18.1. The molecule has 1 amide bonds. The summed E-state index contributed by atoms with van der Waals surface area (Å²) >= 11 is 0.